The Kier molecular flexibility index (Phi) is 10.6. The number of nitrogens with one attached hydrogen (secondary N) is 1. The minimum absolute atomic E-state index is 0.0204. The van der Waals surface area contributed by atoms with Crippen LogP contribution in [-0.2, 0) is 28.3 Å². The zero-order chi connectivity index (χ0) is 25.9. The molecule has 3 aromatic carbocycles. The van der Waals surface area contributed by atoms with Crippen molar-refractivity contribution in [1.29, 1.82) is 0 Å². The average molecular weight is 503 g/mol. The Morgan fingerprint density at radius 1 is 0.833 bits per heavy atom. The molecule has 0 heterocycles. The largest absolute Gasteiger partial charge is 0.352 e. The summed E-state index contributed by atoms with van der Waals surface area (Å²) in [6, 6.07) is 26.0. The maximum absolute atomic E-state index is 13.7. The van der Waals surface area contributed by atoms with Gasteiger partial charge in [0.15, 0.2) is 0 Å². The number of hydrogen-bond acceptors (Lipinski definition) is 3. The third-order valence-electron chi connectivity index (χ3n) is 6.36. The monoisotopic (exact) mass is 502 g/mol. The Balaban J connectivity index is 1.84. The summed E-state index contributed by atoms with van der Waals surface area (Å²) in [5.41, 5.74) is 5.64. The van der Waals surface area contributed by atoms with Gasteiger partial charge < -0.3 is 10.2 Å². The first kappa shape index (κ1) is 27.5. The second kappa shape index (κ2) is 13.9. The van der Waals surface area contributed by atoms with Crippen LogP contribution in [-0.4, -0.2) is 34.6 Å². The van der Waals surface area contributed by atoms with Gasteiger partial charge in [0.05, 0.1) is 5.75 Å². The molecule has 2 atom stereocenters. The summed E-state index contributed by atoms with van der Waals surface area (Å²) < 4.78 is 0. The molecule has 0 unspecified atom stereocenters. The molecule has 0 spiro atoms. The predicted octanol–water partition coefficient (Wildman–Crippen LogP) is 6.09. The number of hydrogen-bond donors (Lipinski definition) is 1. The van der Waals surface area contributed by atoms with Gasteiger partial charge in [-0.1, -0.05) is 96.9 Å². The number of nitrogens with zero attached hydrogens (tertiary/aromatic N) is 1. The molecule has 190 valence electrons. The molecule has 2 amide bonds. The van der Waals surface area contributed by atoms with E-state index < -0.39 is 6.04 Å². The molecule has 0 aromatic heterocycles. The highest BCUT2D eigenvalue weighted by Gasteiger charge is 2.30. The minimum Gasteiger partial charge on any atom is -0.352 e. The van der Waals surface area contributed by atoms with Crippen molar-refractivity contribution < 1.29 is 9.59 Å². The molecular formula is C31H38N2O2S. The predicted molar refractivity (Wildman–Crippen MR) is 151 cm³/mol. The van der Waals surface area contributed by atoms with E-state index in [2.05, 4.69) is 48.6 Å². The van der Waals surface area contributed by atoms with E-state index >= 15 is 0 Å². The first-order chi connectivity index (χ1) is 17.4. The van der Waals surface area contributed by atoms with Crippen LogP contribution < -0.4 is 5.32 Å². The first-order valence-corrected chi connectivity index (χ1v) is 13.8. The van der Waals surface area contributed by atoms with E-state index in [1.807, 2.05) is 63.2 Å². The van der Waals surface area contributed by atoms with E-state index in [9.17, 15) is 9.59 Å². The minimum atomic E-state index is -0.588. The van der Waals surface area contributed by atoms with E-state index in [0.717, 1.165) is 23.3 Å². The lowest BCUT2D eigenvalue weighted by atomic mass is 10.0. The number of aryl methyl sites for hydroxylation is 2. The smallest absolute Gasteiger partial charge is 0.243 e. The zero-order valence-corrected chi connectivity index (χ0v) is 22.7. The van der Waals surface area contributed by atoms with Crippen LogP contribution in [0.1, 0.15) is 48.1 Å². The summed E-state index contributed by atoms with van der Waals surface area (Å²) in [5, 5.41) is 3.13. The molecule has 4 nitrogen and oxygen atoms in total. The molecule has 0 aliphatic heterocycles. The standard InChI is InChI=1S/C31H38N2O2S/c1-5-25(4)32-31(35)29(19-26-9-7-6-8-10-26)33(20-27-15-11-23(2)12-16-27)30(34)22-36-21-28-17-13-24(3)14-18-28/h6-18,25,29H,5,19-22H2,1-4H3,(H,32,35)/t25-,29+/m0/s1. The van der Waals surface area contributed by atoms with Crippen molar-refractivity contribution in [2.24, 2.45) is 0 Å². The lowest BCUT2D eigenvalue weighted by Gasteiger charge is -2.32. The van der Waals surface area contributed by atoms with Crippen LogP contribution in [0.25, 0.3) is 0 Å². The molecule has 1 N–H and O–H groups in total. The zero-order valence-electron chi connectivity index (χ0n) is 21.9. The molecule has 0 saturated heterocycles. The quantitative estimate of drug-likeness (QED) is 0.326. The lowest BCUT2D eigenvalue weighted by Crippen LogP contribution is -2.52. The van der Waals surface area contributed by atoms with Crippen molar-refractivity contribution in [3.05, 3.63) is 107 Å². The fourth-order valence-electron chi connectivity index (χ4n) is 3.91. The van der Waals surface area contributed by atoms with E-state index in [-0.39, 0.29) is 17.9 Å². The van der Waals surface area contributed by atoms with Gasteiger partial charge in [-0.05, 0) is 43.9 Å². The maximum Gasteiger partial charge on any atom is 0.243 e. The maximum atomic E-state index is 13.7. The normalized spacial score (nSPS) is 12.6. The van der Waals surface area contributed by atoms with Gasteiger partial charge in [0.25, 0.3) is 0 Å². The van der Waals surface area contributed by atoms with Crippen LogP contribution in [0.15, 0.2) is 78.9 Å². The summed E-state index contributed by atoms with van der Waals surface area (Å²) in [6.45, 7) is 8.57. The molecule has 0 radical (unpaired) electrons. The molecule has 3 aromatic rings. The Morgan fingerprint density at radius 2 is 1.42 bits per heavy atom. The second-order valence-electron chi connectivity index (χ2n) is 9.51. The molecule has 3 rings (SSSR count). The summed E-state index contributed by atoms with van der Waals surface area (Å²) in [7, 11) is 0. The van der Waals surface area contributed by atoms with Gasteiger partial charge in [0.1, 0.15) is 6.04 Å². The van der Waals surface area contributed by atoms with Crippen LogP contribution in [0.3, 0.4) is 0 Å². The fraction of sp³-hybridized carbons (Fsp3) is 0.355. The van der Waals surface area contributed by atoms with Gasteiger partial charge >= 0.3 is 0 Å². The highest BCUT2D eigenvalue weighted by atomic mass is 32.2. The molecule has 0 fully saturated rings. The lowest BCUT2D eigenvalue weighted by molar-refractivity contribution is -0.139. The Bertz CT molecular complexity index is 1100. The van der Waals surface area contributed by atoms with Gasteiger partial charge in [0, 0.05) is 24.8 Å². The molecule has 36 heavy (non-hydrogen) atoms. The third-order valence-corrected chi connectivity index (χ3v) is 7.35. The highest BCUT2D eigenvalue weighted by Crippen LogP contribution is 2.19. The first-order valence-electron chi connectivity index (χ1n) is 12.7. The molecule has 0 aliphatic carbocycles. The number of thioether (sulfide) groups is 1. The molecule has 0 aliphatic rings. The van der Waals surface area contributed by atoms with Crippen LogP contribution in [0, 0.1) is 13.8 Å². The summed E-state index contributed by atoms with van der Waals surface area (Å²) in [5.74, 6) is 0.958. The van der Waals surface area contributed by atoms with Gasteiger partial charge in [-0.25, -0.2) is 0 Å². The average Bonchev–Trinajstić information content (AvgIpc) is 2.88. The van der Waals surface area contributed by atoms with Crippen LogP contribution in [0.2, 0.25) is 0 Å². The van der Waals surface area contributed by atoms with Crippen molar-refractivity contribution in [3.8, 4) is 0 Å². The van der Waals surface area contributed by atoms with E-state index in [0.29, 0.717) is 18.7 Å². The van der Waals surface area contributed by atoms with E-state index in [1.54, 1.807) is 16.7 Å². The van der Waals surface area contributed by atoms with Gasteiger partial charge in [0.2, 0.25) is 11.8 Å². The topological polar surface area (TPSA) is 49.4 Å². The Morgan fingerprint density at radius 3 is 2.00 bits per heavy atom. The Hall–Kier alpha value is -3.05. The third kappa shape index (κ3) is 8.56. The number of benzene rings is 3. The second-order valence-corrected chi connectivity index (χ2v) is 10.5. The highest BCUT2D eigenvalue weighted by molar-refractivity contribution is 7.99. The molecule has 0 saturated carbocycles. The SMILES string of the molecule is CC[C@H](C)NC(=O)[C@@H](Cc1ccccc1)N(Cc1ccc(C)cc1)C(=O)CSCc1ccc(C)cc1. The number of rotatable bonds is 12. The van der Waals surface area contributed by atoms with E-state index in [1.165, 1.54) is 16.7 Å². The van der Waals surface area contributed by atoms with Crippen molar-refractivity contribution in [2.45, 2.75) is 64.9 Å². The van der Waals surface area contributed by atoms with Crippen molar-refractivity contribution >= 4 is 23.6 Å². The van der Waals surface area contributed by atoms with E-state index in [4.69, 9.17) is 0 Å². The summed E-state index contributed by atoms with van der Waals surface area (Å²) >= 11 is 1.59. The summed E-state index contributed by atoms with van der Waals surface area (Å²) in [6.07, 6.45) is 1.31. The van der Waals surface area contributed by atoms with Gasteiger partial charge in [-0.15, -0.1) is 11.8 Å². The number of carbonyl (C=O) groups is 2. The van der Waals surface area contributed by atoms with Crippen molar-refractivity contribution in [1.82, 2.24) is 10.2 Å². The number of amides is 2. The number of carbonyl (C=O) groups excluding carboxylic acids is 2. The van der Waals surface area contributed by atoms with Crippen LogP contribution >= 0.6 is 11.8 Å². The van der Waals surface area contributed by atoms with Crippen LogP contribution in [0.4, 0.5) is 0 Å². The van der Waals surface area contributed by atoms with Crippen molar-refractivity contribution in [2.75, 3.05) is 5.75 Å². The summed E-state index contributed by atoms with van der Waals surface area (Å²) in [4.78, 5) is 29.0. The van der Waals surface area contributed by atoms with Crippen LogP contribution in [0.5, 0.6) is 0 Å². The Labute approximate surface area is 220 Å². The van der Waals surface area contributed by atoms with Gasteiger partial charge in [-0.2, -0.15) is 0 Å². The van der Waals surface area contributed by atoms with Crippen molar-refractivity contribution in [3.63, 3.8) is 0 Å². The fourth-order valence-corrected chi connectivity index (χ4v) is 4.78. The molecule has 5 heteroatoms. The molecule has 0 bridgehead atoms. The molecular weight excluding hydrogens is 464 g/mol. The van der Waals surface area contributed by atoms with Gasteiger partial charge in [-0.3, -0.25) is 9.59 Å².